The molecule has 8 heteroatoms. The first-order chi connectivity index (χ1) is 15.8. The number of hydrogen-bond acceptors (Lipinski definition) is 7. The summed E-state index contributed by atoms with van der Waals surface area (Å²) < 4.78 is 11.4. The van der Waals surface area contributed by atoms with Gasteiger partial charge in [-0.2, -0.15) is 0 Å². The lowest BCUT2D eigenvalue weighted by Gasteiger charge is -2.27. The molecule has 0 spiro atoms. The van der Waals surface area contributed by atoms with E-state index in [2.05, 4.69) is 4.99 Å². The number of para-hydroxylation sites is 1. The van der Waals surface area contributed by atoms with E-state index < -0.39 is 22.9 Å². The topological polar surface area (TPSA) is 112 Å². The molecule has 8 nitrogen and oxygen atoms in total. The highest BCUT2D eigenvalue weighted by Crippen LogP contribution is 2.40. The van der Waals surface area contributed by atoms with Crippen LogP contribution in [-0.2, 0) is 9.53 Å². The van der Waals surface area contributed by atoms with E-state index in [4.69, 9.17) is 9.15 Å². The van der Waals surface area contributed by atoms with Gasteiger partial charge in [0, 0.05) is 27.8 Å². The van der Waals surface area contributed by atoms with Crippen molar-refractivity contribution in [3.63, 3.8) is 0 Å². The maximum absolute atomic E-state index is 12.9. The molecular formula is C25H22N2O6. The van der Waals surface area contributed by atoms with E-state index in [-0.39, 0.29) is 34.3 Å². The molecule has 0 bridgehead atoms. The van der Waals surface area contributed by atoms with Crippen molar-refractivity contribution in [2.75, 3.05) is 6.61 Å². The Labute approximate surface area is 189 Å². The second-order valence-corrected chi connectivity index (χ2v) is 7.75. The van der Waals surface area contributed by atoms with Crippen LogP contribution >= 0.6 is 0 Å². The number of ether oxygens (including phenoxy) is 1. The molecule has 0 fully saturated rings. The van der Waals surface area contributed by atoms with Crippen molar-refractivity contribution in [1.29, 1.82) is 0 Å². The number of carbonyl (C=O) groups is 1. The van der Waals surface area contributed by atoms with Crippen LogP contribution in [0, 0.1) is 10.1 Å². The van der Waals surface area contributed by atoms with E-state index in [0.29, 0.717) is 22.6 Å². The first-order valence-electron chi connectivity index (χ1n) is 10.5. The molecular weight excluding hydrogens is 424 g/mol. The van der Waals surface area contributed by atoms with Crippen molar-refractivity contribution in [2.45, 2.75) is 32.7 Å². The lowest BCUT2D eigenvalue weighted by molar-refractivity contribution is -0.505. The molecule has 0 amide bonds. The number of fused-ring (bicyclic) bond motifs is 1. The van der Waals surface area contributed by atoms with Gasteiger partial charge in [0.05, 0.1) is 29.2 Å². The SMILES string of the molecule is CCOC(=O)C1=C(C)N=C(C)C([N+](=O)[O-])C1c1cccc2c(=O)cc(-c3ccccc3)oc12. The Morgan fingerprint density at radius 2 is 1.88 bits per heavy atom. The third-order valence-electron chi connectivity index (χ3n) is 5.69. The number of rotatable bonds is 5. The minimum Gasteiger partial charge on any atom is -0.463 e. The van der Waals surface area contributed by atoms with Crippen molar-refractivity contribution < 1.29 is 18.9 Å². The van der Waals surface area contributed by atoms with Crippen LogP contribution < -0.4 is 5.43 Å². The Bertz CT molecular complexity index is 1370. The predicted octanol–water partition coefficient (Wildman–Crippen LogP) is 4.50. The van der Waals surface area contributed by atoms with Gasteiger partial charge in [-0.15, -0.1) is 0 Å². The molecule has 0 aliphatic carbocycles. The first kappa shape index (κ1) is 22.1. The number of nitro groups is 1. The Morgan fingerprint density at radius 1 is 1.15 bits per heavy atom. The molecule has 0 radical (unpaired) electrons. The molecule has 1 aliphatic rings. The second kappa shape index (κ2) is 8.82. The fourth-order valence-electron chi connectivity index (χ4n) is 4.29. The van der Waals surface area contributed by atoms with Gasteiger partial charge in [-0.25, -0.2) is 4.79 Å². The quantitative estimate of drug-likeness (QED) is 0.324. The van der Waals surface area contributed by atoms with E-state index in [1.54, 1.807) is 51.1 Å². The fraction of sp³-hybridized carbons (Fsp3) is 0.240. The summed E-state index contributed by atoms with van der Waals surface area (Å²) in [7, 11) is 0. The summed E-state index contributed by atoms with van der Waals surface area (Å²) in [6.45, 7) is 4.95. The Balaban J connectivity index is 2.03. The van der Waals surface area contributed by atoms with Gasteiger partial charge in [0.25, 0.3) is 6.04 Å². The molecule has 3 aromatic rings. The van der Waals surface area contributed by atoms with Crippen LogP contribution in [0.5, 0.6) is 0 Å². The molecule has 0 N–H and O–H groups in total. The second-order valence-electron chi connectivity index (χ2n) is 7.75. The van der Waals surface area contributed by atoms with Gasteiger partial charge in [0.1, 0.15) is 11.3 Å². The minimum absolute atomic E-state index is 0.0874. The molecule has 2 unspecified atom stereocenters. The molecule has 1 aliphatic heterocycles. The van der Waals surface area contributed by atoms with Gasteiger partial charge in [-0.05, 0) is 26.8 Å². The Kier molecular flexibility index (Phi) is 5.91. The van der Waals surface area contributed by atoms with Crippen molar-refractivity contribution >= 4 is 22.7 Å². The fourth-order valence-corrected chi connectivity index (χ4v) is 4.29. The van der Waals surface area contributed by atoms with E-state index >= 15 is 0 Å². The van der Waals surface area contributed by atoms with Gasteiger partial charge in [0.2, 0.25) is 0 Å². The average molecular weight is 446 g/mol. The number of aliphatic imine (C=N–C) groups is 1. The summed E-state index contributed by atoms with van der Waals surface area (Å²) in [6, 6.07) is 14.1. The summed E-state index contributed by atoms with van der Waals surface area (Å²) in [5.41, 5.74) is 1.65. The summed E-state index contributed by atoms with van der Waals surface area (Å²) in [5, 5.41) is 12.4. The van der Waals surface area contributed by atoms with Gasteiger partial charge in [0.15, 0.2) is 5.43 Å². The third-order valence-corrected chi connectivity index (χ3v) is 5.69. The number of allylic oxidation sites excluding steroid dienone is 1. The molecule has 2 heterocycles. The van der Waals surface area contributed by atoms with Gasteiger partial charge in [-0.1, -0.05) is 42.5 Å². The maximum atomic E-state index is 12.9. The summed E-state index contributed by atoms with van der Waals surface area (Å²) in [6.07, 6.45) is 0. The zero-order valence-corrected chi connectivity index (χ0v) is 18.4. The van der Waals surface area contributed by atoms with E-state index in [1.165, 1.54) is 6.07 Å². The summed E-state index contributed by atoms with van der Waals surface area (Å²) in [4.78, 5) is 41.8. The van der Waals surface area contributed by atoms with E-state index in [0.717, 1.165) is 0 Å². The van der Waals surface area contributed by atoms with Crippen molar-refractivity contribution in [2.24, 2.45) is 4.99 Å². The van der Waals surface area contributed by atoms with Crippen LogP contribution in [0.25, 0.3) is 22.3 Å². The standard InChI is InChI=1S/C25H22N2O6/c1-4-32-25(29)21-14(2)26-15(3)23(27(30)31)22(21)18-12-8-11-17-19(28)13-20(33-24(17)18)16-9-6-5-7-10-16/h5-13,22-23H,4H2,1-3H3. The maximum Gasteiger partial charge on any atom is 0.336 e. The van der Waals surface area contributed by atoms with Gasteiger partial charge >= 0.3 is 5.97 Å². The zero-order valence-electron chi connectivity index (χ0n) is 18.4. The Morgan fingerprint density at radius 3 is 2.55 bits per heavy atom. The number of nitrogens with zero attached hydrogens (tertiary/aromatic N) is 2. The monoisotopic (exact) mass is 446 g/mol. The highest BCUT2D eigenvalue weighted by Gasteiger charge is 2.46. The van der Waals surface area contributed by atoms with Crippen molar-refractivity contribution in [3.05, 3.63) is 91.8 Å². The van der Waals surface area contributed by atoms with Crippen LogP contribution in [0.15, 0.2) is 80.1 Å². The van der Waals surface area contributed by atoms with Gasteiger partial charge in [-0.3, -0.25) is 19.9 Å². The predicted molar refractivity (Wildman–Crippen MR) is 124 cm³/mol. The largest absolute Gasteiger partial charge is 0.463 e. The van der Waals surface area contributed by atoms with Crippen LogP contribution in [0.2, 0.25) is 0 Å². The zero-order chi connectivity index (χ0) is 23.7. The highest BCUT2D eigenvalue weighted by atomic mass is 16.6. The normalized spacial score (nSPS) is 18.2. The van der Waals surface area contributed by atoms with Crippen LogP contribution in [0.1, 0.15) is 32.3 Å². The van der Waals surface area contributed by atoms with E-state index in [9.17, 15) is 19.7 Å². The minimum atomic E-state index is -1.32. The van der Waals surface area contributed by atoms with Crippen LogP contribution in [0.4, 0.5) is 0 Å². The van der Waals surface area contributed by atoms with Crippen LogP contribution in [-0.4, -0.2) is 29.3 Å². The van der Waals surface area contributed by atoms with Gasteiger partial charge < -0.3 is 9.15 Å². The molecule has 0 saturated carbocycles. The lowest BCUT2D eigenvalue weighted by Crippen LogP contribution is -2.40. The third kappa shape index (κ3) is 3.95. The molecule has 0 saturated heterocycles. The molecule has 4 rings (SSSR count). The van der Waals surface area contributed by atoms with Crippen LogP contribution in [0.3, 0.4) is 0 Å². The molecule has 2 aromatic carbocycles. The lowest BCUT2D eigenvalue weighted by atomic mass is 9.79. The molecule has 168 valence electrons. The average Bonchev–Trinajstić information content (AvgIpc) is 2.78. The molecule has 2 atom stereocenters. The molecule has 1 aromatic heterocycles. The smallest absolute Gasteiger partial charge is 0.336 e. The summed E-state index contributed by atoms with van der Waals surface area (Å²) >= 11 is 0. The summed E-state index contributed by atoms with van der Waals surface area (Å²) in [5.74, 6) is -1.38. The number of carbonyl (C=O) groups excluding carboxylic acids is 1. The molecule has 33 heavy (non-hydrogen) atoms. The van der Waals surface area contributed by atoms with Crippen molar-refractivity contribution in [1.82, 2.24) is 0 Å². The first-order valence-corrected chi connectivity index (χ1v) is 10.5. The Hall–Kier alpha value is -4.07. The van der Waals surface area contributed by atoms with E-state index in [1.807, 2.05) is 18.2 Å². The number of hydrogen-bond donors (Lipinski definition) is 0. The number of esters is 1. The highest BCUT2D eigenvalue weighted by molar-refractivity contribution is 5.99. The number of benzene rings is 2. The van der Waals surface area contributed by atoms with Crippen molar-refractivity contribution in [3.8, 4) is 11.3 Å².